The zero-order valence-corrected chi connectivity index (χ0v) is 14.9. The third kappa shape index (κ3) is 3.67. The lowest BCUT2D eigenvalue weighted by Crippen LogP contribution is -2.41. The molecule has 0 aliphatic carbocycles. The van der Waals surface area contributed by atoms with Gasteiger partial charge in [-0.05, 0) is 41.7 Å². The van der Waals surface area contributed by atoms with Gasteiger partial charge in [0.05, 0.1) is 0 Å². The van der Waals surface area contributed by atoms with Gasteiger partial charge in [0, 0.05) is 16.9 Å². The Bertz CT molecular complexity index is 609. The molecule has 2 rings (SSSR count). The van der Waals surface area contributed by atoms with Crippen LogP contribution in [0.15, 0.2) is 46.7 Å². The van der Waals surface area contributed by atoms with Crippen molar-refractivity contribution in [3.05, 3.63) is 47.4 Å². The Kier molecular flexibility index (Phi) is 5.95. The summed E-state index contributed by atoms with van der Waals surface area (Å²) in [6, 6.07) is 8.23. The lowest BCUT2D eigenvalue weighted by molar-refractivity contribution is -0.115. The monoisotopic (exact) mass is 333 g/mol. The van der Waals surface area contributed by atoms with Crippen LogP contribution in [0.1, 0.15) is 38.7 Å². The summed E-state index contributed by atoms with van der Waals surface area (Å²) in [6.45, 7) is 7.89. The third-order valence-electron chi connectivity index (χ3n) is 3.64. The van der Waals surface area contributed by atoms with Gasteiger partial charge in [-0.15, -0.1) is 18.3 Å². The molecule has 1 aliphatic heterocycles. The summed E-state index contributed by atoms with van der Waals surface area (Å²) >= 11 is 3.30. The van der Waals surface area contributed by atoms with Crippen molar-refractivity contribution in [3.8, 4) is 0 Å². The average Bonchev–Trinajstić information content (AvgIpc) is 2.70. The number of ketones is 1. The van der Waals surface area contributed by atoms with Crippen molar-refractivity contribution >= 4 is 34.9 Å². The Morgan fingerprint density at radius 1 is 1.45 bits per heavy atom. The number of carbonyl (C=O) groups excluding carboxylic acids is 1. The van der Waals surface area contributed by atoms with Gasteiger partial charge in [-0.1, -0.05) is 43.3 Å². The highest BCUT2D eigenvalue weighted by atomic mass is 32.2. The molecule has 22 heavy (non-hydrogen) atoms. The number of unbranched alkanes of at least 4 members (excludes halogenated alkanes) is 1. The zero-order chi connectivity index (χ0) is 16.2. The van der Waals surface area contributed by atoms with Gasteiger partial charge in [-0.25, -0.2) is 0 Å². The molecule has 0 amide bonds. The van der Waals surface area contributed by atoms with Gasteiger partial charge >= 0.3 is 0 Å². The van der Waals surface area contributed by atoms with Crippen molar-refractivity contribution in [1.29, 1.82) is 0 Å². The van der Waals surface area contributed by atoms with E-state index in [-0.39, 0.29) is 5.78 Å². The quantitative estimate of drug-likeness (QED) is 0.440. The van der Waals surface area contributed by atoms with Crippen LogP contribution in [0.3, 0.4) is 0 Å². The normalized spacial score (nSPS) is 21.5. The third-order valence-corrected chi connectivity index (χ3v) is 5.94. The maximum atomic E-state index is 12.7. The number of hydrogen-bond donors (Lipinski definition) is 1. The first-order chi connectivity index (χ1) is 10.5. The molecule has 0 saturated carbocycles. The van der Waals surface area contributed by atoms with E-state index in [0.717, 1.165) is 21.8 Å². The number of benzene rings is 1. The molecular weight excluding hydrogens is 310 g/mol. The molecule has 4 heteroatoms. The van der Waals surface area contributed by atoms with Crippen LogP contribution in [0.4, 0.5) is 0 Å². The van der Waals surface area contributed by atoms with Crippen LogP contribution in [0.5, 0.6) is 0 Å². The minimum atomic E-state index is -0.882. The second kappa shape index (κ2) is 7.53. The van der Waals surface area contributed by atoms with Crippen LogP contribution in [-0.4, -0.2) is 16.4 Å². The van der Waals surface area contributed by atoms with Crippen molar-refractivity contribution in [3.63, 3.8) is 0 Å². The fourth-order valence-electron chi connectivity index (χ4n) is 2.50. The summed E-state index contributed by atoms with van der Waals surface area (Å²) < 4.78 is 0. The first kappa shape index (κ1) is 17.4. The molecule has 2 N–H and O–H groups in total. The summed E-state index contributed by atoms with van der Waals surface area (Å²) in [5.74, 6) is 1.13. The van der Waals surface area contributed by atoms with Gasteiger partial charge in [0.25, 0.3) is 0 Å². The van der Waals surface area contributed by atoms with Crippen LogP contribution in [-0.2, 0) is 4.79 Å². The first-order valence-corrected chi connectivity index (χ1v) is 9.39. The minimum Gasteiger partial charge on any atom is -0.310 e. The largest absolute Gasteiger partial charge is 0.310 e. The van der Waals surface area contributed by atoms with E-state index in [1.165, 1.54) is 29.5 Å². The van der Waals surface area contributed by atoms with E-state index in [9.17, 15) is 4.79 Å². The van der Waals surface area contributed by atoms with E-state index in [0.29, 0.717) is 6.42 Å². The molecule has 2 nitrogen and oxygen atoms in total. The number of Topliss-reactive ketones (excluding diaryl/α,β-unsaturated/α-hetero) is 1. The van der Waals surface area contributed by atoms with Gasteiger partial charge in [-0.2, -0.15) is 0 Å². The lowest BCUT2D eigenvalue weighted by Gasteiger charge is -2.19. The molecule has 1 heterocycles. The molecule has 0 radical (unpaired) electrons. The summed E-state index contributed by atoms with van der Waals surface area (Å²) in [5.41, 5.74) is 8.01. The Morgan fingerprint density at radius 2 is 2.23 bits per heavy atom. The van der Waals surface area contributed by atoms with Crippen LogP contribution in [0.25, 0.3) is 5.57 Å². The lowest BCUT2D eigenvalue weighted by atomic mass is 9.96. The Hall–Kier alpha value is -0.970. The number of rotatable bonds is 7. The van der Waals surface area contributed by atoms with E-state index >= 15 is 0 Å². The Balaban J connectivity index is 2.24. The number of allylic oxidation sites excluding steroid dienone is 1. The number of carbonyl (C=O) groups is 1. The topological polar surface area (TPSA) is 43.1 Å². The van der Waals surface area contributed by atoms with Crippen molar-refractivity contribution < 1.29 is 4.79 Å². The molecule has 1 atom stereocenters. The molecule has 0 fully saturated rings. The summed E-state index contributed by atoms with van der Waals surface area (Å²) in [7, 11) is 0. The van der Waals surface area contributed by atoms with Crippen molar-refractivity contribution in [2.75, 3.05) is 5.75 Å². The maximum absolute atomic E-state index is 12.7. The molecule has 1 aromatic rings. The maximum Gasteiger partial charge on any atom is 0.194 e. The molecule has 0 bridgehead atoms. The average molecular weight is 334 g/mol. The number of nitrogens with two attached hydrogens (primary N) is 1. The smallest absolute Gasteiger partial charge is 0.194 e. The highest BCUT2D eigenvalue weighted by Gasteiger charge is 2.43. The van der Waals surface area contributed by atoms with Crippen LogP contribution >= 0.6 is 23.5 Å². The molecule has 1 unspecified atom stereocenters. The van der Waals surface area contributed by atoms with Crippen LogP contribution < -0.4 is 5.73 Å². The Morgan fingerprint density at radius 3 is 2.91 bits per heavy atom. The summed E-state index contributed by atoms with van der Waals surface area (Å²) in [5, 5.41) is 0. The minimum absolute atomic E-state index is 0.0191. The molecule has 1 aromatic carbocycles. The van der Waals surface area contributed by atoms with Crippen molar-refractivity contribution in [2.45, 2.75) is 42.9 Å². The predicted molar refractivity (Wildman–Crippen MR) is 99.0 cm³/mol. The van der Waals surface area contributed by atoms with Gasteiger partial charge in [0.2, 0.25) is 0 Å². The van der Waals surface area contributed by atoms with Crippen LogP contribution in [0, 0.1) is 0 Å². The SMILES string of the molecule is C=CCC1(N)SC(C)=C(c2cccc(SCCCC)c2)C1=O. The predicted octanol–water partition coefficient (Wildman–Crippen LogP) is 4.86. The second-order valence-electron chi connectivity index (χ2n) is 5.47. The van der Waals surface area contributed by atoms with Gasteiger partial charge < -0.3 is 5.73 Å². The number of thioether (sulfide) groups is 2. The second-order valence-corrected chi connectivity index (χ2v) is 8.19. The van der Waals surface area contributed by atoms with Gasteiger partial charge in [-0.3, -0.25) is 4.79 Å². The van der Waals surface area contributed by atoms with Gasteiger partial charge in [0.1, 0.15) is 4.87 Å². The first-order valence-electron chi connectivity index (χ1n) is 7.59. The molecule has 1 aliphatic rings. The molecule has 0 spiro atoms. The van der Waals surface area contributed by atoms with E-state index in [2.05, 4.69) is 25.6 Å². The molecule has 118 valence electrons. The number of hydrogen-bond acceptors (Lipinski definition) is 4. The highest BCUT2D eigenvalue weighted by molar-refractivity contribution is 8.06. The van der Waals surface area contributed by atoms with Crippen LogP contribution in [0.2, 0.25) is 0 Å². The van der Waals surface area contributed by atoms with E-state index < -0.39 is 4.87 Å². The fraction of sp³-hybridized carbons (Fsp3) is 0.389. The van der Waals surface area contributed by atoms with Gasteiger partial charge in [0.15, 0.2) is 5.78 Å². The standard InChI is InChI=1S/C18H23NOS2/c1-4-6-11-21-15-9-7-8-14(12-15)16-13(3)22-18(19,10-5-2)17(16)20/h5,7-9,12H,2,4,6,10-11,19H2,1,3H3. The summed E-state index contributed by atoms with van der Waals surface area (Å²) in [4.78, 5) is 14.1. The zero-order valence-electron chi connectivity index (χ0n) is 13.2. The Labute approximate surface area is 141 Å². The van der Waals surface area contributed by atoms with E-state index in [4.69, 9.17) is 5.73 Å². The van der Waals surface area contributed by atoms with E-state index in [1.54, 1.807) is 6.08 Å². The summed E-state index contributed by atoms with van der Waals surface area (Å²) in [6.07, 6.45) is 4.61. The molecule has 0 saturated heterocycles. The van der Waals surface area contributed by atoms with Crippen molar-refractivity contribution in [1.82, 2.24) is 0 Å². The fourth-order valence-corrected chi connectivity index (χ4v) is 4.81. The van der Waals surface area contributed by atoms with E-state index in [1.807, 2.05) is 30.8 Å². The molecular formula is C18H23NOS2. The van der Waals surface area contributed by atoms with Crippen molar-refractivity contribution in [2.24, 2.45) is 5.73 Å². The molecule has 0 aromatic heterocycles. The highest BCUT2D eigenvalue weighted by Crippen LogP contribution is 2.46.